The molecule has 1 amide bonds. The van der Waals surface area contributed by atoms with Crippen LogP contribution in [0.2, 0.25) is 5.02 Å². The second-order valence-electron chi connectivity index (χ2n) is 9.39. The zero-order valence-electron chi connectivity index (χ0n) is 22.3. The molecular formula is C30H30ClN5O3. The third-order valence-electron chi connectivity index (χ3n) is 6.59. The molecule has 0 aliphatic carbocycles. The summed E-state index contributed by atoms with van der Waals surface area (Å²) in [6.45, 7) is 8.52. The lowest BCUT2D eigenvalue weighted by Gasteiger charge is -2.29. The van der Waals surface area contributed by atoms with Crippen LogP contribution in [0.5, 0.6) is 11.5 Å². The molecular weight excluding hydrogens is 514 g/mol. The van der Waals surface area contributed by atoms with Crippen LogP contribution in [0.1, 0.15) is 42.1 Å². The standard InChI is InChI=1S/C30H30ClN5O3/c1-5-38-26-15-21(11-13-25(26)39-16-22-8-6-7-9-23(22)31)28-27(20(4)34-30-32-17-33-36(28)30)29(37)35-24-12-10-18(2)14-19(24)3/h6-15,17,28H,5,16H2,1-4H3,(H,35,37)(H,32,33,34)/t28-/m0/s1. The topological polar surface area (TPSA) is 90.3 Å². The summed E-state index contributed by atoms with van der Waals surface area (Å²) in [5.74, 6) is 1.47. The highest BCUT2D eigenvalue weighted by Gasteiger charge is 2.34. The number of allylic oxidation sites excluding steroid dienone is 1. The van der Waals surface area contributed by atoms with Gasteiger partial charge in [0.15, 0.2) is 11.5 Å². The summed E-state index contributed by atoms with van der Waals surface area (Å²) >= 11 is 6.31. The Hall–Kier alpha value is -4.30. The number of carbonyl (C=O) groups is 1. The van der Waals surface area contributed by atoms with E-state index in [1.165, 1.54) is 6.33 Å². The molecule has 39 heavy (non-hydrogen) atoms. The van der Waals surface area contributed by atoms with E-state index in [0.717, 1.165) is 27.9 Å². The number of aromatic nitrogens is 3. The Labute approximate surface area is 232 Å². The molecule has 2 heterocycles. The normalized spacial score (nSPS) is 14.4. The van der Waals surface area contributed by atoms with Crippen LogP contribution < -0.4 is 20.1 Å². The zero-order chi connectivity index (χ0) is 27.5. The van der Waals surface area contributed by atoms with Gasteiger partial charge in [0.2, 0.25) is 5.95 Å². The first-order valence-electron chi connectivity index (χ1n) is 12.7. The molecule has 1 aliphatic heterocycles. The number of benzene rings is 3. The molecule has 0 fully saturated rings. The highest BCUT2D eigenvalue weighted by atomic mass is 35.5. The molecule has 5 rings (SSSR count). The number of nitrogens with zero attached hydrogens (tertiary/aromatic N) is 3. The maximum absolute atomic E-state index is 13.8. The number of halogens is 1. The molecule has 0 radical (unpaired) electrons. The quantitative estimate of drug-likeness (QED) is 0.265. The number of nitrogens with one attached hydrogen (secondary N) is 2. The Balaban J connectivity index is 1.50. The molecule has 8 nitrogen and oxygen atoms in total. The molecule has 200 valence electrons. The summed E-state index contributed by atoms with van der Waals surface area (Å²) in [5, 5.41) is 11.4. The van der Waals surface area contributed by atoms with Crippen molar-refractivity contribution in [2.75, 3.05) is 17.2 Å². The predicted molar refractivity (Wildman–Crippen MR) is 152 cm³/mol. The van der Waals surface area contributed by atoms with Crippen LogP contribution >= 0.6 is 11.6 Å². The fourth-order valence-corrected chi connectivity index (χ4v) is 4.88. The Morgan fingerprint density at radius 1 is 1.05 bits per heavy atom. The van der Waals surface area contributed by atoms with Crippen molar-refractivity contribution < 1.29 is 14.3 Å². The zero-order valence-corrected chi connectivity index (χ0v) is 23.0. The number of hydrogen-bond donors (Lipinski definition) is 2. The molecule has 9 heteroatoms. The average molecular weight is 544 g/mol. The lowest BCUT2D eigenvalue weighted by atomic mass is 9.94. The summed E-state index contributed by atoms with van der Waals surface area (Å²) in [6, 6.07) is 18.6. The minimum absolute atomic E-state index is 0.227. The van der Waals surface area contributed by atoms with Crippen LogP contribution in [0.4, 0.5) is 11.6 Å². The SMILES string of the molecule is CCOc1cc([C@H]2C(C(=O)Nc3ccc(C)cc3C)=C(C)Nc3ncnn32)ccc1OCc1ccccc1Cl. The summed E-state index contributed by atoms with van der Waals surface area (Å²) in [4.78, 5) is 18.1. The van der Waals surface area contributed by atoms with Gasteiger partial charge in [0.05, 0.1) is 12.2 Å². The minimum atomic E-state index is -0.536. The van der Waals surface area contributed by atoms with E-state index in [0.29, 0.717) is 47.0 Å². The molecule has 3 aromatic carbocycles. The van der Waals surface area contributed by atoms with E-state index in [1.54, 1.807) is 4.68 Å². The van der Waals surface area contributed by atoms with Crippen LogP contribution in [-0.4, -0.2) is 27.3 Å². The van der Waals surface area contributed by atoms with Crippen molar-refractivity contribution in [3.05, 3.63) is 106 Å². The first-order valence-corrected chi connectivity index (χ1v) is 13.1. The number of hydrogen-bond acceptors (Lipinski definition) is 6. The Kier molecular flexibility index (Phi) is 7.56. The predicted octanol–water partition coefficient (Wildman–Crippen LogP) is 6.45. The lowest BCUT2D eigenvalue weighted by Crippen LogP contribution is -2.31. The molecule has 4 aromatic rings. The van der Waals surface area contributed by atoms with Crippen molar-refractivity contribution in [1.82, 2.24) is 14.8 Å². The van der Waals surface area contributed by atoms with Gasteiger partial charge >= 0.3 is 0 Å². The van der Waals surface area contributed by atoms with E-state index < -0.39 is 6.04 Å². The van der Waals surface area contributed by atoms with Gasteiger partial charge in [-0.25, -0.2) is 4.68 Å². The largest absolute Gasteiger partial charge is 0.490 e. The number of ether oxygens (including phenoxy) is 2. The maximum Gasteiger partial charge on any atom is 0.255 e. The summed E-state index contributed by atoms with van der Waals surface area (Å²) in [7, 11) is 0. The summed E-state index contributed by atoms with van der Waals surface area (Å²) in [6.07, 6.45) is 1.47. The van der Waals surface area contributed by atoms with E-state index in [4.69, 9.17) is 21.1 Å². The smallest absolute Gasteiger partial charge is 0.255 e. The van der Waals surface area contributed by atoms with E-state index in [-0.39, 0.29) is 5.91 Å². The highest BCUT2D eigenvalue weighted by Crippen LogP contribution is 2.39. The number of aryl methyl sites for hydroxylation is 2. The summed E-state index contributed by atoms with van der Waals surface area (Å²) < 4.78 is 13.8. The third-order valence-corrected chi connectivity index (χ3v) is 6.96. The van der Waals surface area contributed by atoms with E-state index in [2.05, 4.69) is 20.7 Å². The molecule has 0 spiro atoms. The molecule has 1 aromatic heterocycles. The third kappa shape index (κ3) is 5.47. The molecule has 1 aliphatic rings. The number of carbonyl (C=O) groups excluding carboxylic acids is 1. The second kappa shape index (κ2) is 11.2. The van der Waals surface area contributed by atoms with Crippen molar-refractivity contribution in [3.63, 3.8) is 0 Å². The number of anilines is 2. The van der Waals surface area contributed by atoms with E-state index in [9.17, 15) is 4.79 Å². The van der Waals surface area contributed by atoms with Crippen molar-refractivity contribution in [2.45, 2.75) is 40.3 Å². The fourth-order valence-electron chi connectivity index (χ4n) is 4.69. The maximum atomic E-state index is 13.8. The second-order valence-corrected chi connectivity index (χ2v) is 9.79. The summed E-state index contributed by atoms with van der Waals surface area (Å²) in [5.41, 5.74) is 5.78. The first-order chi connectivity index (χ1) is 18.9. The number of fused-ring (bicyclic) bond motifs is 1. The molecule has 1 atom stereocenters. The fraction of sp³-hybridized carbons (Fsp3) is 0.233. The Bertz CT molecular complexity index is 1560. The van der Waals surface area contributed by atoms with Crippen LogP contribution in [-0.2, 0) is 11.4 Å². The Morgan fingerprint density at radius 2 is 1.87 bits per heavy atom. The van der Waals surface area contributed by atoms with Crippen LogP contribution in [0, 0.1) is 13.8 Å². The van der Waals surface area contributed by atoms with Gasteiger partial charge < -0.3 is 20.1 Å². The van der Waals surface area contributed by atoms with Crippen molar-refractivity contribution >= 4 is 29.1 Å². The Morgan fingerprint density at radius 3 is 2.64 bits per heavy atom. The van der Waals surface area contributed by atoms with E-state index >= 15 is 0 Å². The van der Waals surface area contributed by atoms with Crippen LogP contribution in [0.25, 0.3) is 0 Å². The van der Waals surface area contributed by atoms with Crippen molar-refractivity contribution in [3.8, 4) is 11.5 Å². The molecule has 0 saturated carbocycles. The first kappa shape index (κ1) is 26.3. The van der Waals surface area contributed by atoms with Gasteiger partial charge in [0.1, 0.15) is 19.0 Å². The van der Waals surface area contributed by atoms with Gasteiger partial charge in [0.25, 0.3) is 5.91 Å². The molecule has 0 unspecified atom stereocenters. The molecule has 0 bridgehead atoms. The van der Waals surface area contributed by atoms with Crippen molar-refractivity contribution in [2.24, 2.45) is 0 Å². The van der Waals surface area contributed by atoms with Gasteiger partial charge in [-0.1, -0.05) is 53.6 Å². The van der Waals surface area contributed by atoms with Gasteiger partial charge in [-0.05, 0) is 63.1 Å². The van der Waals surface area contributed by atoms with Crippen LogP contribution in [0.3, 0.4) is 0 Å². The van der Waals surface area contributed by atoms with Gasteiger partial charge in [0, 0.05) is 22.0 Å². The van der Waals surface area contributed by atoms with E-state index in [1.807, 2.05) is 88.4 Å². The highest BCUT2D eigenvalue weighted by molar-refractivity contribution is 6.31. The van der Waals surface area contributed by atoms with Gasteiger partial charge in [-0.2, -0.15) is 10.1 Å². The minimum Gasteiger partial charge on any atom is -0.490 e. The van der Waals surface area contributed by atoms with Gasteiger partial charge in [-0.3, -0.25) is 4.79 Å². The number of rotatable bonds is 8. The molecule has 2 N–H and O–H groups in total. The van der Waals surface area contributed by atoms with Crippen molar-refractivity contribution in [1.29, 1.82) is 0 Å². The van der Waals surface area contributed by atoms with Crippen LogP contribution in [0.15, 0.2) is 78.3 Å². The average Bonchev–Trinajstić information content (AvgIpc) is 3.37. The number of amides is 1. The van der Waals surface area contributed by atoms with Gasteiger partial charge in [-0.15, -0.1) is 0 Å². The molecule has 0 saturated heterocycles. The lowest BCUT2D eigenvalue weighted by molar-refractivity contribution is -0.113. The monoisotopic (exact) mass is 543 g/mol.